The molecule has 29 heteroatoms. The molecule has 29 nitrogen and oxygen atoms in total. The summed E-state index contributed by atoms with van der Waals surface area (Å²) in [7, 11) is 11.0. The van der Waals surface area contributed by atoms with E-state index < -0.39 is 179 Å². The van der Waals surface area contributed by atoms with E-state index >= 15 is 9.59 Å². The molecule has 0 radical (unpaired) electrons. The second kappa shape index (κ2) is 44.3. The number of aliphatic hydroxyl groups excluding tert-OH is 1. The molecule has 586 valence electrons. The maximum absolute atomic E-state index is 15.1. The van der Waals surface area contributed by atoms with Gasteiger partial charge in [0.2, 0.25) is 59.1 Å². The van der Waals surface area contributed by atoms with Gasteiger partial charge in [-0.3, -0.25) is 57.6 Å². The maximum Gasteiger partial charge on any atom is 0.410 e. The minimum atomic E-state index is -1.52. The highest BCUT2D eigenvalue weighted by Crippen LogP contribution is 2.26. The van der Waals surface area contributed by atoms with Crippen LogP contribution in [0.4, 0.5) is 4.79 Å². The van der Waals surface area contributed by atoms with Gasteiger partial charge in [0.25, 0.3) is 0 Å². The number of hydrogen-bond donors (Lipinski definition) is 5. The normalized spacial score (nSPS) is 15.9. The summed E-state index contributed by atoms with van der Waals surface area (Å²) in [6.45, 7) is 35.5. The van der Waals surface area contributed by atoms with Crippen LogP contribution in [0.2, 0.25) is 0 Å². The van der Waals surface area contributed by atoms with Crippen molar-refractivity contribution >= 4 is 77.1 Å². The Balaban J connectivity index is 7.08. The van der Waals surface area contributed by atoms with E-state index in [0.717, 1.165) is 14.7 Å². The molecule has 102 heavy (non-hydrogen) atoms. The number of methoxy groups -OCH3 is 1. The number of nitrogens with zero attached hydrogens (tertiary/aromatic N) is 7. The van der Waals surface area contributed by atoms with Crippen molar-refractivity contribution in [3.8, 4) is 0 Å². The number of rotatable bonds is 42. The summed E-state index contributed by atoms with van der Waals surface area (Å²) >= 11 is 0. The van der Waals surface area contributed by atoms with E-state index in [0.29, 0.717) is 19.3 Å². The third-order valence-electron chi connectivity index (χ3n) is 18.0. The third kappa shape index (κ3) is 29.4. The van der Waals surface area contributed by atoms with Crippen molar-refractivity contribution in [3.05, 3.63) is 12.2 Å². The van der Waals surface area contributed by atoms with Crippen molar-refractivity contribution in [1.29, 1.82) is 0 Å². The molecule has 0 aliphatic heterocycles. The predicted octanol–water partition coefficient (Wildman–Crippen LogP) is 4.93. The van der Waals surface area contributed by atoms with Crippen molar-refractivity contribution in [2.24, 2.45) is 35.5 Å². The Morgan fingerprint density at radius 3 is 1.40 bits per heavy atom. The van der Waals surface area contributed by atoms with Crippen molar-refractivity contribution in [2.75, 3.05) is 69.7 Å². The number of ether oxygens (including phenoxy) is 4. The fraction of sp³-hybridized carbons (Fsp3) is 0.795. The van der Waals surface area contributed by atoms with Crippen LogP contribution in [0.25, 0.3) is 0 Å². The SMILES string of the molecule is C/C=C/C[C@@H](C)[C@@H](O)[C@@H](C(=O)N[C@@H](CC)C(=O)OC)N(C)C(=O)[C@H](C(C)C)N(C)C(=O)[C@H](CC(C)C)N(C)C(=O)[C@H](CC(C)C)N(C)C(=O)[C@@H](C)NC(=O)[C@H](C)NC(=O)[C@H](CC(C)C)N(C)C(=O)[C@@H](NC(=O)[C@H]([C@H](C)OCCCCOC(C)=O)N(C)C(=O)[C@@H](C)N(C)C(=O)OC(C)(C)C)C(C)C. The lowest BCUT2D eigenvalue weighted by molar-refractivity contribution is -0.157. The van der Waals surface area contributed by atoms with Gasteiger partial charge in [-0.1, -0.05) is 95.2 Å². The molecule has 0 saturated heterocycles. The standard InChI is InChI=1S/C73H131N11O18/c1-30-32-35-46(13)60(86)59(64(90)76-52(31-2)71(97)99-29)84(28)70(96)57(45(11)12)82(26)68(94)55(40-43(7)8)81(25)67(93)54(39-42(5)6)80(24)65(91)48(15)75-61(87)47(14)74-62(88)53(38-41(3)4)79(23)69(95)56(44(9)10)77-63(89)58(50(17)100-36-33-34-37-101-51(18)85)83(27)66(92)49(16)78(22)72(98)102-73(19,20)21/h30,32,41-50,52-60,86H,31,33-40H2,1-29H3,(H,74,88)(H,75,87)(H,76,90)(H,77,89)/b32-30+/t46-,47+,48-,49-,50+,52+,53+,54+,55+,56+,57+,58+,59+,60-/m1/s1. The summed E-state index contributed by atoms with van der Waals surface area (Å²) in [5, 5.41) is 22.6. The van der Waals surface area contributed by atoms with Gasteiger partial charge >= 0.3 is 18.0 Å². The highest BCUT2D eigenvalue weighted by atomic mass is 16.6. The van der Waals surface area contributed by atoms with Crippen LogP contribution < -0.4 is 21.3 Å². The number of nitrogens with one attached hydrogen (secondary N) is 4. The summed E-state index contributed by atoms with van der Waals surface area (Å²) in [6.07, 6.45) is 2.11. The van der Waals surface area contributed by atoms with Crippen LogP contribution in [0, 0.1) is 35.5 Å². The first kappa shape index (κ1) is 94.6. The minimum Gasteiger partial charge on any atom is -0.467 e. The number of allylic oxidation sites excluding steroid dienone is 2. The molecule has 0 rings (SSSR count). The number of esters is 2. The zero-order valence-corrected chi connectivity index (χ0v) is 67.0. The van der Waals surface area contributed by atoms with Crippen molar-refractivity contribution in [2.45, 2.75) is 275 Å². The minimum absolute atomic E-state index is 0.0981. The number of aliphatic hydroxyl groups is 1. The average Bonchev–Trinajstić information content (AvgIpc) is 0.803. The van der Waals surface area contributed by atoms with Gasteiger partial charge < -0.3 is 74.7 Å². The topological polar surface area (TPSA) is 350 Å². The van der Waals surface area contributed by atoms with E-state index in [9.17, 15) is 57.8 Å². The summed E-state index contributed by atoms with van der Waals surface area (Å²) < 4.78 is 21.5. The molecule has 0 unspecified atom stereocenters. The van der Waals surface area contributed by atoms with Crippen LogP contribution in [0.1, 0.15) is 190 Å². The fourth-order valence-electron chi connectivity index (χ4n) is 11.7. The van der Waals surface area contributed by atoms with E-state index in [2.05, 4.69) is 21.3 Å². The van der Waals surface area contributed by atoms with Crippen LogP contribution in [0.3, 0.4) is 0 Å². The van der Waals surface area contributed by atoms with Crippen LogP contribution in [-0.4, -0.2) is 270 Å². The van der Waals surface area contributed by atoms with Gasteiger partial charge in [-0.15, -0.1) is 0 Å². The number of amides is 11. The molecule has 14 atom stereocenters. The van der Waals surface area contributed by atoms with Crippen LogP contribution in [0.5, 0.6) is 0 Å². The predicted molar refractivity (Wildman–Crippen MR) is 388 cm³/mol. The van der Waals surface area contributed by atoms with E-state index in [4.69, 9.17) is 18.9 Å². The van der Waals surface area contributed by atoms with E-state index in [1.165, 1.54) is 104 Å². The van der Waals surface area contributed by atoms with Gasteiger partial charge in [-0.2, -0.15) is 0 Å². The third-order valence-corrected chi connectivity index (χ3v) is 18.0. The van der Waals surface area contributed by atoms with E-state index in [1.807, 2.05) is 47.6 Å². The van der Waals surface area contributed by atoms with Crippen LogP contribution in [0.15, 0.2) is 12.2 Å². The molecule has 0 aromatic heterocycles. The lowest BCUT2D eigenvalue weighted by Crippen LogP contribution is -2.63. The zero-order valence-electron chi connectivity index (χ0n) is 67.0. The molecule has 5 N–H and O–H groups in total. The number of carbonyl (C=O) groups excluding carboxylic acids is 13. The second-order valence-corrected chi connectivity index (χ2v) is 30.1. The Bertz CT molecular complexity index is 2810. The quantitative estimate of drug-likeness (QED) is 0.0234. The Labute approximate surface area is 608 Å². The number of carbonyl (C=O) groups is 13. The molecule has 0 aromatic carbocycles. The molecular weight excluding hydrogens is 1320 g/mol. The summed E-state index contributed by atoms with van der Waals surface area (Å²) in [5.41, 5.74) is -0.876. The van der Waals surface area contributed by atoms with E-state index in [1.54, 1.807) is 82.2 Å². The first-order chi connectivity index (χ1) is 47.0. The number of unbranched alkanes of at least 4 members (excludes halogenated alkanes) is 1. The van der Waals surface area contributed by atoms with Gasteiger partial charge in [0, 0.05) is 62.9 Å². The Hall–Kier alpha value is -7.43. The Kier molecular flexibility index (Phi) is 41.1. The largest absolute Gasteiger partial charge is 0.467 e. The lowest BCUT2D eigenvalue weighted by atomic mass is 9.91. The summed E-state index contributed by atoms with van der Waals surface area (Å²) in [6, 6.07) is -13.8. The van der Waals surface area contributed by atoms with E-state index in [-0.39, 0.29) is 56.7 Å². The van der Waals surface area contributed by atoms with Crippen LogP contribution >= 0.6 is 0 Å². The maximum atomic E-state index is 15.1. The lowest BCUT2D eigenvalue weighted by Gasteiger charge is -2.41. The molecule has 11 amide bonds. The molecule has 0 aromatic rings. The number of hydrogen-bond acceptors (Lipinski definition) is 18. The van der Waals surface area contributed by atoms with Gasteiger partial charge in [0.05, 0.1) is 25.9 Å². The van der Waals surface area contributed by atoms with Crippen molar-refractivity contribution in [3.63, 3.8) is 0 Å². The number of likely N-dealkylation sites (N-methyl/N-ethyl adjacent to an activating group) is 7. The van der Waals surface area contributed by atoms with Crippen molar-refractivity contribution < 1.29 is 86.4 Å². The van der Waals surface area contributed by atoms with Gasteiger partial charge in [0.1, 0.15) is 72.1 Å². The molecule has 0 heterocycles. The molecule has 0 saturated carbocycles. The molecule has 0 bridgehead atoms. The summed E-state index contributed by atoms with van der Waals surface area (Å²) in [5.74, 6) is -10.5. The van der Waals surface area contributed by atoms with Crippen LogP contribution in [-0.2, 0) is 76.5 Å². The second-order valence-electron chi connectivity index (χ2n) is 30.1. The molecule has 0 aliphatic carbocycles. The highest BCUT2D eigenvalue weighted by Gasteiger charge is 2.46. The molecular formula is C73H131N11O18. The first-order valence-corrected chi connectivity index (χ1v) is 35.9. The Morgan fingerprint density at radius 2 is 0.941 bits per heavy atom. The van der Waals surface area contributed by atoms with Crippen molar-refractivity contribution in [1.82, 2.24) is 55.6 Å². The summed E-state index contributed by atoms with van der Waals surface area (Å²) in [4.78, 5) is 191. The van der Waals surface area contributed by atoms with Gasteiger partial charge in [-0.05, 0) is 136 Å². The molecule has 0 spiro atoms. The average molecular weight is 1450 g/mol. The fourth-order valence-corrected chi connectivity index (χ4v) is 11.7. The highest BCUT2D eigenvalue weighted by molar-refractivity contribution is 5.99. The molecule has 0 fully saturated rings. The zero-order chi connectivity index (χ0) is 79.5. The molecule has 0 aliphatic rings. The van der Waals surface area contributed by atoms with Gasteiger partial charge in [-0.25, -0.2) is 9.59 Å². The Morgan fingerprint density at radius 1 is 0.490 bits per heavy atom. The first-order valence-electron chi connectivity index (χ1n) is 35.9. The smallest absolute Gasteiger partial charge is 0.410 e. The monoisotopic (exact) mass is 1450 g/mol. The van der Waals surface area contributed by atoms with Gasteiger partial charge in [0.15, 0.2) is 0 Å².